The lowest BCUT2D eigenvalue weighted by atomic mass is 10.2. The van der Waals surface area contributed by atoms with Gasteiger partial charge in [-0.2, -0.15) is 0 Å². The third kappa shape index (κ3) is 5.85. The lowest BCUT2D eigenvalue weighted by Crippen LogP contribution is -2.38. The van der Waals surface area contributed by atoms with Crippen LogP contribution in [0.2, 0.25) is 0 Å². The van der Waals surface area contributed by atoms with Crippen molar-refractivity contribution in [3.8, 4) is 0 Å². The monoisotopic (exact) mass is 326 g/mol. The molecule has 0 saturated heterocycles. The minimum Gasteiger partial charge on any atom is -0.338 e. The van der Waals surface area contributed by atoms with Gasteiger partial charge < -0.3 is 4.90 Å². The molecule has 6 nitrogen and oxygen atoms in total. The normalized spacial score (nSPS) is 11.3. The second-order valence-electron chi connectivity index (χ2n) is 5.30. The van der Waals surface area contributed by atoms with Crippen LogP contribution >= 0.6 is 0 Å². The van der Waals surface area contributed by atoms with E-state index in [9.17, 15) is 18.0 Å². The predicted molar refractivity (Wildman–Crippen MR) is 84.3 cm³/mol. The molecule has 0 aliphatic carbocycles. The highest BCUT2D eigenvalue weighted by molar-refractivity contribution is 7.90. The molecule has 0 unspecified atom stereocenters. The Morgan fingerprint density at radius 2 is 1.77 bits per heavy atom. The van der Waals surface area contributed by atoms with E-state index in [0.29, 0.717) is 6.54 Å². The zero-order chi connectivity index (χ0) is 16.8. The Kier molecular flexibility index (Phi) is 6.55. The van der Waals surface area contributed by atoms with E-state index in [1.54, 1.807) is 0 Å². The summed E-state index contributed by atoms with van der Waals surface area (Å²) in [5, 5.41) is -0.676. The molecular weight excluding hydrogens is 304 g/mol. The Hall–Kier alpha value is -1.89. The molecule has 0 aromatic heterocycles. The molecule has 7 heteroatoms. The molecule has 1 rings (SSSR count). The summed E-state index contributed by atoms with van der Waals surface area (Å²) in [5.74, 6) is -0.767. The van der Waals surface area contributed by atoms with Crippen LogP contribution in [0.4, 0.5) is 0 Å². The van der Waals surface area contributed by atoms with Gasteiger partial charge in [0.25, 0.3) is 0 Å². The fourth-order valence-electron chi connectivity index (χ4n) is 1.72. The van der Waals surface area contributed by atoms with Gasteiger partial charge in [-0.25, -0.2) is 8.42 Å². The van der Waals surface area contributed by atoms with E-state index in [2.05, 4.69) is 0 Å². The molecule has 2 amide bonds. The molecule has 0 radical (unpaired) electrons. The number of hydrogen-bond acceptors (Lipinski definition) is 4. The van der Waals surface area contributed by atoms with E-state index in [1.807, 2.05) is 35.1 Å². The first-order valence-electron chi connectivity index (χ1n) is 7.06. The van der Waals surface area contributed by atoms with Crippen molar-refractivity contribution in [1.82, 2.24) is 9.62 Å². The van der Waals surface area contributed by atoms with Gasteiger partial charge in [0.05, 0.1) is 5.25 Å². The molecule has 1 aromatic carbocycles. The van der Waals surface area contributed by atoms with Crippen LogP contribution in [0.25, 0.3) is 0 Å². The van der Waals surface area contributed by atoms with Crippen LogP contribution in [0.5, 0.6) is 0 Å². The van der Waals surface area contributed by atoms with E-state index in [4.69, 9.17) is 0 Å². The molecular formula is C15H22N2O4S. The minimum absolute atomic E-state index is 0.0572. The third-order valence-corrected chi connectivity index (χ3v) is 4.90. The van der Waals surface area contributed by atoms with Crippen molar-refractivity contribution in [3.05, 3.63) is 35.9 Å². The largest absolute Gasteiger partial charge is 0.338 e. The second-order valence-corrected chi connectivity index (χ2v) is 7.53. The molecule has 22 heavy (non-hydrogen) atoms. The summed E-state index contributed by atoms with van der Waals surface area (Å²) in [6.07, 6.45) is -0.0572. The van der Waals surface area contributed by atoms with Gasteiger partial charge >= 0.3 is 0 Å². The van der Waals surface area contributed by atoms with Crippen LogP contribution in [-0.2, 0) is 26.2 Å². The molecule has 0 bridgehead atoms. The first kappa shape index (κ1) is 18.2. The van der Waals surface area contributed by atoms with E-state index in [1.165, 1.54) is 25.7 Å². The Bertz CT molecular complexity index is 612. The fourth-order valence-corrected chi connectivity index (χ4v) is 2.37. The molecule has 0 heterocycles. The number of amides is 2. The van der Waals surface area contributed by atoms with Crippen LogP contribution in [0.15, 0.2) is 30.3 Å². The summed E-state index contributed by atoms with van der Waals surface area (Å²) >= 11 is 0. The number of nitrogens with zero attached hydrogens (tertiary/aromatic N) is 1. The van der Waals surface area contributed by atoms with Gasteiger partial charge in [0, 0.05) is 26.4 Å². The number of nitrogens with one attached hydrogen (secondary N) is 1. The fraction of sp³-hybridized carbons (Fsp3) is 0.467. The first-order chi connectivity index (χ1) is 10.2. The van der Waals surface area contributed by atoms with Crippen LogP contribution in [0.3, 0.4) is 0 Å². The molecule has 0 aliphatic heterocycles. The number of carbonyl (C=O) groups excluding carboxylic acids is 2. The summed E-state index contributed by atoms with van der Waals surface area (Å²) in [7, 11) is -3.63. The van der Waals surface area contributed by atoms with E-state index < -0.39 is 21.2 Å². The third-order valence-electron chi connectivity index (χ3n) is 3.15. The van der Waals surface area contributed by atoms with Crippen molar-refractivity contribution >= 4 is 21.8 Å². The summed E-state index contributed by atoms with van der Waals surface area (Å²) in [6.45, 7) is 4.97. The van der Waals surface area contributed by atoms with Crippen molar-refractivity contribution in [2.24, 2.45) is 0 Å². The van der Waals surface area contributed by atoms with Crippen molar-refractivity contribution in [2.75, 3.05) is 6.54 Å². The maximum Gasteiger partial charge on any atom is 0.237 e. The average molecular weight is 326 g/mol. The van der Waals surface area contributed by atoms with Gasteiger partial charge in [-0.3, -0.25) is 14.3 Å². The van der Waals surface area contributed by atoms with Crippen LogP contribution < -0.4 is 4.72 Å². The van der Waals surface area contributed by atoms with Crippen LogP contribution in [0.1, 0.15) is 32.8 Å². The van der Waals surface area contributed by atoms with E-state index in [-0.39, 0.29) is 18.9 Å². The van der Waals surface area contributed by atoms with Crippen LogP contribution in [-0.4, -0.2) is 36.9 Å². The molecule has 0 aliphatic rings. The van der Waals surface area contributed by atoms with Gasteiger partial charge in [-0.05, 0) is 19.4 Å². The van der Waals surface area contributed by atoms with Crippen molar-refractivity contribution in [3.63, 3.8) is 0 Å². The van der Waals surface area contributed by atoms with Crippen LogP contribution in [0, 0.1) is 0 Å². The quantitative estimate of drug-likeness (QED) is 0.818. The Balaban J connectivity index is 2.58. The zero-order valence-corrected chi connectivity index (χ0v) is 13.9. The predicted octanol–water partition coefficient (Wildman–Crippen LogP) is 1.28. The smallest absolute Gasteiger partial charge is 0.237 e. The topological polar surface area (TPSA) is 83.6 Å². The standard InChI is InChI=1S/C15H22N2O4S/c1-12(2)22(20,21)16-15(19)9-10-17(13(3)18)11-14-7-5-4-6-8-14/h4-8,12H,9-11H2,1-3H3,(H,16,19). The summed E-state index contributed by atoms with van der Waals surface area (Å²) in [4.78, 5) is 24.9. The van der Waals surface area contributed by atoms with Gasteiger partial charge in [-0.1, -0.05) is 30.3 Å². The SMILES string of the molecule is CC(=O)N(CCC(=O)NS(=O)(=O)C(C)C)Cc1ccccc1. The van der Waals surface area contributed by atoms with Gasteiger partial charge in [0.15, 0.2) is 0 Å². The maximum absolute atomic E-state index is 11.7. The van der Waals surface area contributed by atoms with Gasteiger partial charge in [0.1, 0.15) is 0 Å². The minimum atomic E-state index is -3.63. The highest BCUT2D eigenvalue weighted by Gasteiger charge is 2.19. The maximum atomic E-state index is 11.7. The molecule has 1 aromatic rings. The van der Waals surface area contributed by atoms with Gasteiger partial charge in [0.2, 0.25) is 21.8 Å². The molecule has 0 fully saturated rings. The van der Waals surface area contributed by atoms with Gasteiger partial charge in [-0.15, -0.1) is 0 Å². The summed E-state index contributed by atoms with van der Waals surface area (Å²) < 4.78 is 25.2. The molecule has 122 valence electrons. The number of carbonyl (C=O) groups is 2. The number of hydrogen-bond donors (Lipinski definition) is 1. The average Bonchev–Trinajstić information content (AvgIpc) is 2.43. The highest BCUT2D eigenvalue weighted by atomic mass is 32.2. The highest BCUT2D eigenvalue weighted by Crippen LogP contribution is 2.06. The zero-order valence-electron chi connectivity index (χ0n) is 13.1. The van der Waals surface area contributed by atoms with E-state index in [0.717, 1.165) is 5.56 Å². The van der Waals surface area contributed by atoms with E-state index >= 15 is 0 Å². The van der Waals surface area contributed by atoms with Crippen molar-refractivity contribution in [1.29, 1.82) is 0 Å². The Morgan fingerprint density at radius 1 is 1.18 bits per heavy atom. The molecule has 0 spiro atoms. The Labute approximate surface area is 131 Å². The summed E-state index contributed by atoms with van der Waals surface area (Å²) in [5.41, 5.74) is 0.952. The number of rotatable bonds is 7. The lowest BCUT2D eigenvalue weighted by Gasteiger charge is -2.21. The first-order valence-corrected chi connectivity index (χ1v) is 8.61. The number of sulfonamides is 1. The Morgan fingerprint density at radius 3 is 2.27 bits per heavy atom. The molecule has 0 atom stereocenters. The number of benzene rings is 1. The van der Waals surface area contributed by atoms with Crippen molar-refractivity contribution in [2.45, 2.75) is 39.0 Å². The lowest BCUT2D eigenvalue weighted by molar-refractivity contribution is -0.130. The molecule has 1 N–H and O–H groups in total. The summed E-state index contributed by atoms with van der Waals surface area (Å²) in [6, 6.07) is 9.40. The molecule has 0 saturated carbocycles. The van der Waals surface area contributed by atoms with Crippen molar-refractivity contribution < 1.29 is 18.0 Å². The second kappa shape index (κ2) is 7.93.